The van der Waals surface area contributed by atoms with Crippen LogP contribution in [0.25, 0.3) is 0 Å². The van der Waals surface area contributed by atoms with Crippen molar-refractivity contribution in [2.45, 2.75) is 12.5 Å². The van der Waals surface area contributed by atoms with Gasteiger partial charge in [0.25, 0.3) is 0 Å². The molecule has 1 heterocycles. The van der Waals surface area contributed by atoms with Crippen molar-refractivity contribution in [3.63, 3.8) is 0 Å². The molecule has 0 amide bonds. The molecule has 2 N–H and O–H groups in total. The van der Waals surface area contributed by atoms with Gasteiger partial charge in [0.2, 0.25) is 0 Å². The molecule has 1 aliphatic rings. The molecule has 0 aromatic heterocycles. The minimum atomic E-state index is -0.0939. The van der Waals surface area contributed by atoms with Gasteiger partial charge in [-0.05, 0) is 25.6 Å². The Morgan fingerprint density at radius 1 is 1.62 bits per heavy atom. The summed E-state index contributed by atoms with van der Waals surface area (Å²) in [6.07, 6.45) is 0.781. The minimum Gasteiger partial charge on any atom is -0.380 e. The van der Waals surface area contributed by atoms with Gasteiger partial charge < -0.3 is 10.6 Å². The van der Waals surface area contributed by atoms with Gasteiger partial charge in [-0.1, -0.05) is 6.07 Å². The molecule has 13 heavy (non-hydrogen) atoms. The molecule has 1 unspecified atom stereocenters. The van der Waals surface area contributed by atoms with E-state index in [0.717, 1.165) is 24.2 Å². The molecule has 0 spiro atoms. The molecule has 0 fully saturated rings. The fourth-order valence-corrected chi connectivity index (χ4v) is 1.79. The predicted octanol–water partition coefficient (Wildman–Crippen LogP) is 1.38. The average molecular weight is 180 g/mol. The maximum absolute atomic E-state index is 13.2. The lowest BCUT2D eigenvalue weighted by molar-refractivity contribution is 0.602. The van der Waals surface area contributed by atoms with Crippen molar-refractivity contribution in [3.8, 4) is 0 Å². The number of hydrogen-bond donors (Lipinski definition) is 2. The van der Waals surface area contributed by atoms with Gasteiger partial charge in [0.05, 0.1) is 0 Å². The van der Waals surface area contributed by atoms with Crippen LogP contribution in [-0.2, 0) is 6.42 Å². The first kappa shape index (κ1) is 8.51. The second-order valence-electron chi connectivity index (χ2n) is 3.37. The molecule has 0 bridgehead atoms. The van der Waals surface area contributed by atoms with E-state index in [9.17, 15) is 4.39 Å². The summed E-state index contributed by atoms with van der Waals surface area (Å²) < 4.78 is 13.2. The summed E-state index contributed by atoms with van der Waals surface area (Å²) in [4.78, 5) is 0. The van der Waals surface area contributed by atoms with Gasteiger partial charge in [-0.2, -0.15) is 0 Å². The summed E-state index contributed by atoms with van der Waals surface area (Å²) in [5.74, 6) is -0.0939. The number of anilines is 1. The zero-order chi connectivity index (χ0) is 9.26. The highest BCUT2D eigenvalue weighted by atomic mass is 19.1. The largest absolute Gasteiger partial charge is 0.380 e. The first-order valence-corrected chi connectivity index (χ1v) is 4.50. The monoisotopic (exact) mass is 180 g/mol. The van der Waals surface area contributed by atoms with Crippen molar-refractivity contribution in [1.29, 1.82) is 0 Å². The van der Waals surface area contributed by atoms with Crippen LogP contribution in [0.15, 0.2) is 18.2 Å². The average Bonchev–Trinajstić information content (AvgIpc) is 2.49. The van der Waals surface area contributed by atoms with E-state index < -0.39 is 0 Å². The van der Waals surface area contributed by atoms with Crippen molar-refractivity contribution < 1.29 is 4.39 Å². The van der Waals surface area contributed by atoms with Crippen LogP contribution in [0.4, 0.5) is 10.1 Å². The molecular weight excluding hydrogens is 167 g/mol. The Morgan fingerprint density at radius 3 is 3.15 bits per heavy atom. The number of halogens is 1. The normalized spacial score (nSPS) is 19.7. The van der Waals surface area contributed by atoms with Gasteiger partial charge in [0.1, 0.15) is 5.82 Å². The van der Waals surface area contributed by atoms with E-state index in [4.69, 9.17) is 0 Å². The van der Waals surface area contributed by atoms with Gasteiger partial charge in [-0.25, -0.2) is 4.39 Å². The number of hydrogen-bond acceptors (Lipinski definition) is 2. The molecule has 70 valence electrons. The molecule has 1 aliphatic heterocycles. The van der Waals surface area contributed by atoms with Crippen LogP contribution in [-0.4, -0.2) is 19.6 Å². The molecule has 2 nitrogen and oxygen atoms in total. The Bertz CT molecular complexity index is 312. The van der Waals surface area contributed by atoms with Crippen LogP contribution in [0.2, 0.25) is 0 Å². The van der Waals surface area contributed by atoms with E-state index in [0.29, 0.717) is 6.04 Å². The van der Waals surface area contributed by atoms with E-state index in [1.807, 2.05) is 13.1 Å². The summed E-state index contributed by atoms with van der Waals surface area (Å²) in [6.45, 7) is 0.869. The standard InChI is InChI=1S/C10H13FN2/c1-12-6-7-5-8-9(11)3-2-4-10(8)13-7/h2-4,7,12-13H,5-6H2,1H3. The first-order chi connectivity index (χ1) is 6.31. The molecule has 1 aromatic carbocycles. The van der Waals surface area contributed by atoms with Crippen LogP contribution in [0.1, 0.15) is 5.56 Å². The van der Waals surface area contributed by atoms with E-state index in [1.54, 1.807) is 6.07 Å². The lowest BCUT2D eigenvalue weighted by Gasteiger charge is -2.08. The molecule has 2 rings (SSSR count). The minimum absolute atomic E-state index is 0.0939. The zero-order valence-electron chi connectivity index (χ0n) is 7.60. The molecule has 0 saturated carbocycles. The van der Waals surface area contributed by atoms with E-state index in [-0.39, 0.29) is 5.82 Å². The number of rotatable bonds is 2. The maximum Gasteiger partial charge on any atom is 0.128 e. The third-order valence-electron chi connectivity index (χ3n) is 2.38. The Kier molecular flexibility index (Phi) is 2.19. The lowest BCUT2D eigenvalue weighted by Crippen LogP contribution is -2.28. The lowest BCUT2D eigenvalue weighted by atomic mass is 10.1. The predicted molar refractivity (Wildman–Crippen MR) is 51.4 cm³/mol. The number of likely N-dealkylation sites (N-methyl/N-ethyl adjacent to an activating group) is 1. The van der Waals surface area contributed by atoms with Crippen molar-refractivity contribution >= 4 is 5.69 Å². The van der Waals surface area contributed by atoms with E-state index in [1.165, 1.54) is 6.07 Å². The van der Waals surface area contributed by atoms with Gasteiger partial charge in [-0.15, -0.1) is 0 Å². The molecule has 0 saturated heterocycles. The Morgan fingerprint density at radius 2 is 2.46 bits per heavy atom. The zero-order valence-corrected chi connectivity index (χ0v) is 7.60. The van der Waals surface area contributed by atoms with Crippen LogP contribution in [0, 0.1) is 5.82 Å². The summed E-state index contributed by atoms with van der Waals surface area (Å²) >= 11 is 0. The first-order valence-electron chi connectivity index (χ1n) is 4.50. The molecular formula is C10H13FN2. The Balaban J connectivity index is 2.20. The van der Waals surface area contributed by atoms with Crippen molar-refractivity contribution in [2.75, 3.05) is 18.9 Å². The summed E-state index contributed by atoms with van der Waals surface area (Å²) in [6, 6.07) is 5.51. The van der Waals surface area contributed by atoms with Crippen molar-refractivity contribution in [3.05, 3.63) is 29.6 Å². The quantitative estimate of drug-likeness (QED) is 0.718. The fourth-order valence-electron chi connectivity index (χ4n) is 1.79. The topological polar surface area (TPSA) is 24.1 Å². The highest BCUT2D eigenvalue weighted by molar-refractivity contribution is 5.57. The molecule has 0 aliphatic carbocycles. The molecule has 0 radical (unpaired) electrons. The Labute approximate surface area is 77.2 Å². The number of benzene rings is 1. The van der Waals surface area contributed by atoms with E-state index in [2.05, 4.69) is 10.6 Å². The maximum atomic E-state index is 13.2. The molecule has 3 heteroatoms. The number of fused-ring (bicyclic) bond motifs is 1. The Hall–Kier alpha value is -1.09. The van der Waals surface area contributed by atoms with Gasteiger partial charge in [-0.3, -0.25) is 0 Å². The highest BCUT2D eigenvalue weighted by Crippen LogP contribution is 2.27. The van der Waals surface area contributed by atoms with Crippen molar-refractivity contribution in [1.82, 2.24) is 5.32 Å². The van der Waals surface area contributed by atoms with Gasteiger partial charge in [0.15, 0.2) is 0 Å². The second-order valence-corrected chi connectivity index (χ2v) is 3.37. The van der Waals surface area contributed by atoms with E-state index >= 15 is 0 Å². The highest BCUT2D eigenvalue weighted by Gasteiger charge is 2.21. The summed E-state index contributed by atoms with van der Waals surface area (Å²) in [5, 5.41) is 6.35. The number of nitrogens with one attached hydrogen (secondary N) is 2. The summed E-state index contributed by atoms with van der Waals surface area (Å²) in [7, 11) is 1.90. The van der Waals surface area contributed by atoms with Gasteiger partial charge >= 0.3 is 0 Å². The van der Waals surface area contributed by atoms with Crippen LogP contribution in [0.5, 0.6) is 0 Å². The molecule has 1 aromatic rings. The summed E-state index contributed by atoms with van der Waals surface area (Å²) in [5.41, 5.74) is 1.77. The third kappa shape index (κ3) is 1.52. The van der Waals surface area contributed by atoms with Crippen LogP contribution < -0.4 is 10.6 Å². The van der Waals surface area contributed by atoms with Crippen molar-refractivity contribution in [2.24, 2.45) is 0 Å². The third-order valence-corrected chi connectivity index (χ3v) is 2.38. The smallest absolute Gasteiger partial charge is 0.128 e. The van der Waals surface area contributed by atoms with Crippen LogP contribution >= 0.6 is 0 Å². The molecule has 1 atom stereocenters. The second kappa shape index (κ2) is 3.34. The SMILES string of the molecule is CNCC1Cc2c(F)cccc2N1. The van der Waals surface area contributed by atoms with Crippen LogP contribution in [0.3, 0.4) is 0 Å². The van der Waals surface area contributed by atoms with Gasteiger partial charge in [0, 0.05) is 23.8 Å². The fraction of sp³-hybridized carbons (Fsp3) is 0.400.